The summed E-state index contributed by atoms with van der Waals surface area (Å²) in [6.45, 7) is 11.0. The second-order valence-corrected chi connectivity index (χ2v) is 8.91. The molecular formula is C25H41N5O. The Bertz CT molecular complexity index is 696. The van der Waals surface area contributed by atoms with Crippen LogP contribution in [0.5, 0.6) is 0 Å². The Morgan fingerprint density at radius 2 is 1.77 bits per heavy atom. The first-order chi connectivity index (χ1) is 15.2. The van der Waals surface area contributed by atoms with Crippen LogP contribution in [0, 0.1) is 0 Å². The number of carbonyl (C=O) groups excluding carboxylic acids is 1. The van der Waals surface area contributed by atoms with Crippen molar-refractivity contribution in [1.82, 2.24) is 20.4 Å². The number of hydrogen-bond acceptors (Lipinski definition) is 3. The van der Waals surface area contributed by atoms with E-state index in [1.807, 2.05) is 29.2 Å². The first kappa shape index (κ1) is 23.6. The molecule has 1 aromatic carbocycles. The quantitative estimate of drug-likeness (QED) is 0.378. The molecule has 2 aliphatic rings. The van der Waals surface area contributed by atoms with E-state index in [0.717, 1.165) is 75.1 Å². The van der Waals surface area contributed by atoms with Gasteiger partial charge in [-0.2, -0.15) is 0 Å². The van der Waals surface area contributed by atoms with Gasteiger partial charge in [0, 0.05) is 44.3 Å². The van der Waals surface area contributed by atoms with Gasteiger partial charge in [-0.15, -0.1) is 0 Å². The zero-order chi connectivity index (χ0) is 21.9. The Labute approximate surface area is 188 Å². The molecule has 2 heterocycles. The van der Waals surface area contributed by atoms with Crippen molar-refractivity contribution < 1.29 is 4.79 Å². The molecule has 0 aliphatic carbocycles. The minimum absolute atomic E-state index is 0.160. The van der Waals surface area contributed by atoms with Gasteiger partial charge in [0.1, 0.15) is 0 Å². The number of carbonyl (C=O) groups is 1. The van der Waals surface area contributed by atoms with Gasteiger partial charge in [-0.3, -0.25) is 4.79 Å². The summed E-state index contributed by atoms with van der Waals surface area (Å²) in [5.41, 5.74) is 1.90. The van der Waals surface area contributed by atoms with Gasteiger partial charge in [-0.25, -0.2) is 4.99 Å². The maximum Gasteiger partial charge on any atom is 0.253 e. The van der Waals surface area contributed by atoms with Gasteiger partial charge < -0.3 is 20.4 Å². The van der Waals surface area contributed by atoms with E-state index in [1.54, 1.807) is 0 Å². The number of benzene rings is 1. The molecule has 0 radical (unpaired) electrons. The zero-order valence-electron chi connectivity index (χ0n) is 19.5. The molecule has 6 nitrogen and oxygen atoms in total. The number of aliphatic imine (C=N–C) groups is 1. The molecule has 2 fully saturated rings. The van der Waals surface area contributed by atoms with Gasteiger partial charge >= 0.3 is 0 Å². The Morgan fingerprint density at radius 1 is 1.03 bits per heavy atom. The van der Waals surface area contributed by atoms with E-state index >= 15 is 0 Å². The summed E-state index contributed by atoms with van der Waals surface area (Å²) in [4.78, 5) is 21.9. The number of nitrogens with zero attached hydrogens (tertiary/aromatic N) is 3. The van der Waals surface area contributed by atoms with Gasteiger partial charge in [0.2, 0.25) is 0 Å². The SMILES string of the molecule is CCNC(=NCc1ccc(C(=O)N2CCCCC2)cc1)NCCCN1CCCCC1C. The first-order valence-corrected chi connectivity index (χ1v) is 12.3. The number of rotatable bonds is 8. The predicted molar refractivity (Wildman–Crippen MR) is 129 cm³/mol. The minimum Gasteiger partial charge on any atom is -0.357 e. The Kier molecular flexibility index (Phi) is 9.66. The maximum atomic E-state index is 12.6. The lowest BCUT2D eigenvalue weighted by atomic mass is 10.0. The summed E-state index contributed by atoms with van der Waals surface area (Å²) in [6.07, 6.45) is 8.65. The second kappa shape index (κ2) is 12.7. The largest absolute Gasteiger partial charge is 0.357 e. The third kappa shape index (κ3) is 7.53. The lowest BCUT2D eigenvalue weighted by Gasteiger charge is -2.33. The van der Waals surface area contributed by atoms with Crippen molar-refractivity contribution in [2.45, 2.75) is 71.4 Å². The molecule has 1 amide bonds. The Balaban J connectivity index is 1.45. The van der Waals surface area contributed by atoms with Crippen molar-refractivity contribution in [3.63, 3.8) is 0 Å². The van der Waals surface area contributed by atoms with E-state index in [1.165, 1.54) is 32.2 Å². The van der Waals surface area contributed by atoms with Gasteiger partial charge in [0.25, 0.3) is 5.91 Å². The average molecular weight is 428 g/mol. The summed E-state index contributed by atoms with van der Waals surface area (Å²) in [5.74, 6) is 1.02. The molecule has 1 atom stereocenters. The van der Waals surface area contributed by atoms with Crippen LogP contribution >= 0.6 is 0 Å². The Hall–Kier alpha value is -2.08. The minimum atomic E-state index is 0.160. The van der Waals surface area contributed by atoms with Crippen molar-refractivity contribution in [1.29, 1.82) is 0 Å². The molecule has 0 spiro atoms. The van der Waals surface area contributed by atoms with Crippen LogP contribution in [0.2, 0.25) is 0 Å². The number of guanidine groups is 1. The number of nitrogens with one attached hydrogen (secondary N) is 2. The highest BCUT2D eigenvalue weighted by molar-refractivity contribution is 5.94. The van der Waals surface area contributed by atoms with E-state index < -0.39 is 0 Å². The summed E-state index contributed by atoms with van der Waals surface area (Å²) in [7, 11) is 0. The van der Waals surface area contributed by atoms with E-state index in [2.05, 4.69) is 29.4 Å². The highest BCUT2D eigenvalue weighted by Gasteiger charge is 2.18. The summed E-state index contributed by atoms with van der Waals surface area (Å²) in [6, 6.07) is 8.67. The van der Waals surface area contributed by atoms with Crippen molar-refractivity contribution in [3.05, 3.63) is 35.4 Å². The standard InChI is InChI=1S/C25H41N5O/c1-3-26-25(27-15-9-19-29-16-8-5-10-21(29)2)28-20-22-11-13-23(14-12-22)24(31)30-17-6-4-7-18-30/h11-14,21H,3-10,15-20H2,1-2H3,(H2,26,27,28). The number of likely N-dealkylation sites (tertiary alicyclic amines) is 2. The molecule has 1 aromatic rings. The van der Waals surface area contributed by atoms with Crippen LogP contribution in [0.4, 0.5) is 0 Å². The molecule has 0 saturated carbocycles. The molecular weight excluding hydrogens is 386 g/mol. The molecule has 2 aliphatic heterocycles. The third-order valence-electron chi connectivity index (χ3n) is 6.46. The Morgan fingerprint density at radius 3 is 2.48 bits per heavy atom. The highest BCUT2D eigenvalue weighted by Crippen LogP contribution is 2.16. The molecule has 6 heteroatoms. The predicted octanol–water partition coefficient (Wildman–Crippen LogP) is 3.63. The smallest absolute Gasteiger partial charge is 0.253 e. The fourth-order valence-electron chi connectivity index (χ4n) is 4.52. The van der Waals surface area contributed by atoms with Crippen LogP contribution in [0.25, 0.3) is 0 Å². The normalized spacial score (nSPS) is 20.5. The van der Waals surface area contributed by atoms with Crippen molar-refractivity contribution in [2.24, 2.45) is 4.99 Å². The maximum absolute atomic E-state index is 12.6. The van der Waals surface area contributed by atoms with E-state index in [-0.39, 0.29) is 5.91 Å². The molecule has 1 unspecified atom stereocenters. The highest BCUT2D eigenvalue weighted by atomic mass is 16.2. The first-order valence-electron chi connectivity index (χ1n) is 12.3. The summed E-state index contributed by atoms with van der Waals surface area (Å²) in [5, 5.41) is 6.81. The fourth-order valence-corrected chi connectivity index (χ4v) is 4.52. The lowest BCUT2D eigenvalue weighted by molar-refractivity contribution is 0.0724. The number of piperidine rings is 2. The molecule has 31 heavy (non-hydrogen) atoms. The zero-order valence-corrected chi connectivity index (χ0v) is 19.5. The topological polar surface area (TPSA) is 60.0 Å². The molecule has 0 aromatic heterocycles. The molecule has 172 valence electrons. The molecule has 2 N–H and O–H groups in total. The second-order valence-electron chi connectivity index (χ2n) is 8.91. The van der Waals surface area contributed by atoms with E-state index in [9.17, 15) is 4.79 Å². The van der Waals surface area contributed by atoms with Gasteiger partial charge in [0.05, 0.1) is 6.54 Å². The third-order valence-corrected chi connectivity index (χ3v) is 6.46. The molecule has 3 rings (SSSR count). The van der Waals surface area contributed by atoms with Crippen LogP contribution in [0.1, 0.15) is 74.7 Å². The van der Waals surface area contributed by atoms with E-state index in [0.29, 0.717) is 6.54 Å². The van der Waals surface area contributed by atoms with Crippen LogP contribution in [-0.2, 0) is 6.54 Å². The van der Waals surface area contributed by atoms with Crippen molar-refractivity contribution >= 4 is 11.9 Å². The molecule has 0 bridgehead atoms. The van der Waals surface area contributed by atoms with Crippen LogP contribution in [0.3, 0.4) is 0 Å². The van der Waals surface area contributed by atoms with Crippen molar-refractivity contribution in [2.75, 3.05) is 39.3 Å². The van der Waals surface area contributed by atoms with Gasteiger partial charge in [-0.1, -0.05) is 18.6 Å². The monoisotopic (exact) mass is 427 g/mol. The fraction of sp³-hybridized carbons (Fsp3) is 0.680. The lowest BCUT2D eigenvalue weighted by Crippen LogP contribution is -2.41. The van der Waals surface area contributed by atoms with Crippen molar-refractivity contribution in [3.8, 4) is 0 Å². The molecule has 2 saturated heterocycles. The van der Waals surface area contributed by atoms with Gasteiger partial charge in [-0.05, 0) is 76.6 Å². The summed E-state index contributed by atoms with van der Waals surface area (Å²) >= 11 is 0. The summed E-state index contributed by atoms with van der Waals surface area (Å²) < 4.78 is 0. The van der Waals surface area contributed by atoms with Crippen LogP contribution in [0.15, 0.2) is 29.3 Å². The van der Waals surface area contributed by atoms with E-state index in [4.69, 9.17) is 4.99 Å². The number of hydrogen-bond donors (Lipinski definition) is 2. The average Bonchev–Trinajstić information content (AvgIpc) is 2.81. The van der Waals surface area contributed by atoms with Crippen LogP contribution in [-0.4, -0.2) is 67.0 Å². The van der Waals surface area contributed by atoms with Gasteiger partial charge in [0.15, 0.2) is 5.96 Å². The number of amides is 1. The van der Waals surface area contributed by atoms with Crippen LogP contribution < -0.4 is 10.6 Å².